The van der Waals surface area contributed by atoms with Crippen molar-refractivity contribution in [2.45, 2.75) is 70.7 Å². The molecule has 4 heteroatoms. The predicted molar refractivity (Wildman–Crippen MR) is 91.4 cm³/mol. The second-order valence-corrected chi connectivity index (χ2v) is 7.48. The van der Waals surface area contributed by atoms with E-state index in [0.29, 0.717) is 5.57 Å². The lowest BCUT2D eigenvalue weighted by atomic mass is 9.85. The molecule has 0 bridgehead atoms. The molecule has 1 aliphatic carbocycles. The van der Waals surface area contributed by atoms with Gasteiger partial charge in [0.1, 0.15) is 11.7 Å². The number of epoxide rings is 1. The number of ketones is 1. The van der Waals surface area contributed by atoms with Gasteiger partial charge in [0, 0.05) is 17.9 Å². The minimum absolute atomic E-state index is 0.0155. The summed E-state index contributed by atoms with van der Waals surface area (Å²) in [4.78, 5) is 24.6. The molecular weight excluding hydrogens is 304 g/mol. The molecule has 24 heavy (non-hydrogen) atoms. The summed E-state index contributed by atoms with van der Waals surface area (Å²) in [5.74, 6) is -0.617. The summed E-state index contributed by atoms with van der Waals surface area (Å²) >= 11 is 0. The van der Waals surface area contributed by atoms with Crippen molar-refractivity contribution in [1.82, 2.24) is 0 Å². The maximum Gasteiger partial charge on any atom is 0.334 e. The molecule has 0 N–H and O–H groups in total. The maximum atomic E-state index is 12.7. The topological polar surface area (TPSA) is 55.9 Å². The van der Waals surface area contributed by atoms with Gasteiger partial charge >= 0.3 is 5.97 Å². The fourth-order valence-electron chi connectivity index (χ4n) is 3.63. The summed E-state index contributed by atoms with van der Waals surface area (Å²) in [6, 6.07) is 0. The number of Topliss-reactive ketones (excluding diaryl/α,β-unsaturated/α-hetero) is 1. The lowest BCUT2D eigenvalue weighted by Gasteiger charge is -2.17. The van der Waals surface area contributed by atoms with Crippen LogP contribution in [-0.2, 0) is 19.1 Å². The lowest BCUT2D eigenvalue weighted by Crippen LogP contribution is -2.29. The molecule has 0 aromatic rings. The Balaban J connectivity index is 1.86. The zero-order valence-corrected chi connectivity index (χ0v) is 14.8. The van der Waals surface area contributed by atoms with Crippen LogP contribution < -0.4 is 0 Å². The summed E-state index contributed by atoms with van der Waals surface area (Å²) in [5, 5.41) is 0. The van der Waals surface area contributed by atoms with Crippen LogP contribution in [0.15, 0.2) is 35.5 Å². The molecule has 0 saturated carbocycles. The minimum atomic E-state index is -0.709. The third-order valence-corrected chi connectivity index (χ3v) is 5.53. The Morgan fingerprint density at radius 2 is 1.96 bits per heavy atom. The first-order valence-electron chi connectivity index (χ1n) is 8.75. The number of rotatable bonds is 0. The van der Waals surface area contributed by atoms with E-state index in [1.54, 1.807) is 0 Å². The van der Waals surface area contributed by atoms with Crippen molar-refractivity contribution >= 4 is 11.8 Å². The molecule has 130 valence electrons. The van der Waals surface area contributed by atoms with Crippen LogP contribution in [0.4, 0.5) is 0 Å². The standard InChI is InChI=1S/C20H26O4/c1-12-6-5-7-13(2)10-16-15(14(3)19(22)23-16)11-17(21)20(4)18(24-20)9-8-12/h6,10,15-16,18H,3,5,7-9,11H2,1-2,4H3/b12-6+,13-10+/t15-,16+,18-,20+/m1/s1. The van der Waals surface area contributed by atoms with E-state index in [1.165, 1.54) is 11.1 Å². The molecule has 0 aromatic carbocycles. The van der Waals surface area contributed by atoms with Crippen LogP contribution in [0.1, 0.15) is 52.9 Å². The summed E-state index contributed by atoms with van der Waals surface area (Å²) in [6.45, 7) is 9.88. The highest BCUT2D eigenvalue weighted by molar-refractivity contribution is 5.95. The third-order valence-electron chi connectivity index (χ3n) is 5.53. The molecule has 0 unspecified atom stereocenters. The van der Waals surface area contributed by atoms with E-state index in [-0.39, 0.29) is 36.3 Å². The van der Waals surface area contributed by atoms with Crippen LogP contribution in [0.5, 0.6) is 0 Å². The average Bonchev–Trinajstić information content (AvgIpc) is 3.13. The van der Waals surface area contributed by atoms with Crippen molar-refractivity contribution in [2.24, 2.45) is 5.92 Å². The molecule has 3 rings (SSSR count). The number of esters is 1. The van der Waals surface area contributed by atoms with Crippen LogP contribution in [0.2, 0.25) is 0 Å². The summed E-state index contributed by atoms with van der Waals surface area (Å²) in [7, 11) is 0. The molecule has 4 atom stereocenters. The molecule has 3 aliphatic rings. The van der Waals surface area contributed by atoms with E-state index >= 15 is 0 Å². The van der Waals surface area contributed by atoms with Gasteiger partial charge in [-0.15, -0.1) is 0 Å². The highest BCUT2D eigenvalue weighted by atomic mass is 16.6. The molecule has 2 fully saturated rings. The lowest BCUT2D eigenvalue weighted by molar-refractivity contribution is -0.137. The van der Waals surface area contributed by atoms with Gasteiger partial charge in [-0.3, -0.25) is 4.79 Å². The number of hydrogen-bond donors (Lipinski definition) is 0. The summed E-state index contributed by atoms with van der Waals surface area (Å²) in [6.07, 6.45) is 7.80. The Labute approximate surface area is 143 Å². The Hall–Kier alpha value is -1.68. The molecule has 2 heterocycles. The zero-order valence-electron chi connectivity index (χ0n) is 14.8. The van der Waals surface area contributed by atoms with Crippen LogP contribution in [-0.4, -0.2) is 29.6 Å². The summed E-state index contributed by atoms with van der Waals surface area (Å²) in [5.41, 5.74) is 2.21. The average molecular weight is 330 g/mol. The first kappa shape index (κ1) is 17.2. The molecule has 0 spiro atoms. The zero-order chi connectivity index (χ0) is 17.5. The molecule has 2 aliphatic heterocycles. The van der Waals surface area contributed by atoms with Gasteiger partial charge in [-0.2, -0.15) is 0 Å². The van der Waals surface area contributed by atoms with E-state index in [1.807, 2.05) is 19.9 Å². The van der Waals surface area contributed by atoms with Gasteiger partial charge in [-0.1, -0.05) is 23.8 Å². The molecule has 2 saturated heterocycles. The SMILES string of the molecule is C=C1C(=O)O[C@H]2/C=C(\C)CC/C=C(\C)CC[C@H]3O[C@@]3(C)C(=O)C[C@H]12. The van der Waals surface area contributed by atoms with Gasteiger partial charge in [0.25, 0.3) is 0 Å². The monoisotopic (exact) mass is 330 g/mol. The van der Waals surface area contributed by atoms with Crippen molar-refractivity contribution in [2.75, 3.05) is 0 Å². The molecule has 0 aromatic heterocycles. The first-order chi connectivity index (χ1) is 11.3. The number of hydrogen-bond acceptors (Lipinski definition) is 4. The largest absolute Gasteiger partial charge is 0.454 e. The van der Waals surface area contributed by atoms with Crippen LogP contribution in [0.25, 0.3) is 0 Å². The quantitative estimate of drug-likeness (QED) is 0.294. The smallest absolute Gasteiger partial charge is 0.334 e. The van der Waals surface area contributed by atoms with Gasteiger partial charge < -0.3 is 9.47 Å². The molecular formula is C20H26O4. The number of carbonyl (C=O) groups excluding carboxylic acids is 2. The van der Waals surface area contributed by atoms with E-state index < -0.39 is 5.60 Å². The Kier molecular flexibility index (Phi) is 4.52. The van der Waals surface area contributed by atoms with Crippen molar-refractivity contribution in [3.05, 3.63) is 35.5 Å². The number of allylic oxidation sites excluding steroid dienone is 3. The van der Waals surface area contributed by atoms with Crippen molar-refractivity contribution in [3.63, 3.8) is 0 Å². The highest BCUT2D eigenvalue weighted by Crippen LogP contribution is 2.44. The van der Waals surface area contributed by atoms with Gasteiger partial charge in [0.15, 0.2) is 5.78 Å². The van der Waals surface area contributed by atoms with Crippen molar-refractivity contribution < 1.29 is 19.1 Å². The summed E-state index contributed by atoms with van der Waals surface area (Å²) < 4.78 is 11.2. The molecule has 0 radical (unpaired) electrons. The minimum Gasteiger partial charge on any atom is -0.454 e. The van der Waals surface area contributed by atoms with Crippen LogP contribution in [0.3, 0.4) is 0 Å². The van der Waals surface area contributed by atoms with Crippen LogP contribution >= 0.6 is 0 Å². The fraction of sp³-hybridized carbons (Fsp3) is 0.600. The second-order valence-electron chi connectivity index (χ2n) is 7.48. The Morgan fingerprint density at radius 1 is 1.21 bits per heavy atom. The van der Waals surface area contributed by atoms with Crippen molar-refractivity contribution in [3.8, 4) is 0 Å². The van der Waals surface area contributed by atoms with E-state index in [0.717, 1.165) is 25.7 Å². The van der Waals surface area contributed by atoms with Gasteiger partial charge in [0.05, 0.1) is 6.10 Å². The Bertz CT molecular complexity index is 642. The van der Waals surface area contributed by atoms with E-state index in [2.05, 4.69) is 19.6 Å². The molecule has 0 amide bonds. The normalized spacial score (nSPS) is 42.0. The van der Waals surface area contributed by atoms with Gasteiger partial charge in [0.2, 0.25) is 0 Å². The number of fused-ring (bicyclic) bond motifs is 2. The van der Waals surface area contributed by atoms with E-state index in [9.17, 15) is 9.59 Å². The predicted octanol–water partition coefficient (Wildman–Crippen LogP) is 3.67. The van der Waals surface area contributed by atoms with Gasteiger partial charge in [-0.05, 0) is 52.5 Å². The fourth-order valence-corrected chi connectivity index (χ4v) is 3.63. The van der Waals surface area contributed by atoms with Crippen molar-refractivity contribution in [1.29, 1.82) is 0 Å². The van der Waals surface area contributed by atoms with E-state index in [4.69, 9.17) is 9.47 Å². The third kappa shape index (κ3) is 3.25. The highest BCUT2D eigenvalue weighted by Gasteiger charge is 2.58. The molecule has 4 nitrogen and oxygen atoms in total. The van der Waals surface area contributed by atoms with Gasteiger partial charge in [-0.25, -0.2) is 4.79 Å². The first-order valence-corrected chi connectivity index (χ1v) is 8.75. The number of carbonyl (C=O) groups is 2. The number of ether oxygens (including phenoxy) is 2. The second kappa shape index (κ2) is 6.32. The maximum absolute atomic E-state index is 12.7. The van der Waals surface area contributed by atoms with Crippen LogP contribution in [0, 0.1) is 5.92 Å². The Morgan fingerprint density at radius 3 is 2.71 bits per heavy atom.